The van der Waals surface area contributed by atoms with Crippen molar-refractivity contribution in [2.45, 2.75) is 31.3 Å². The zero-order valence-electron chi connectivity index (χ0n) is 12.3. The summed E-state index contributed by atoms with van der Waals surface area (Å²) in [4.78, 5) is 14.2. The zero-order chi connectivity index (χ0) is 14.8. The quantitative estimate of drug-likeness (QED) is 0.874. The summed E-state index contributed by atoms with van der Waals surface area (Å²) in [6.45, 7) is 2.97. The van der Waals surface area contributed by atoms with Gasteiger partial charge in [0.05, 0.1) is 7.11 Å². The van der Waals surface area contributed by atoms with Gasteiger partial charge in [-0.05, 0) is 51.1 Å². The number of primary amides is 1. The second-order valence-electron chi connectivity index (χ2n) is 5.58. The van der Waals surface area contributed by atoms with Crippen LogP contribution in [0.2, 0.25) is 0 Å². The van der Waals surface area contributed by atoms with Crippen LogP contribution >= 0.6 is 0 Å². The monoisotopic (exact) mass is 277 g/mol. The van der Waals surface area contributed by atoms with Crippen LogP contribution in [-0.4, -0.2) is 43.1 Å². The maximum atomic E-state index is 12.0. The van der Waals surface area contributed by atoms with Crippen molar-refractivity contribution in [3.05, 3.63) is 24.3 Å². The Labute approximate surface area is 120 Å². The number of nitrogens with two attached hydrogens (primary N) is 1. The Kier molecular flexibility index (Phi) is 4.18. The van der Waals surface area contributed by atoms with Crippen LogP contribution in [0.5, 0.6) is 5.75 Å². The van der Waals surface area contributed by atoms with Crippen LogP contribution in [0.3, 0.4) is 0 Å². The minimum absolute atomic E-state index is 0.284. The van der Waals surface area contributed by atoms with E-state index in [-0.39, 0.29) is 5.91 Å². The summed E-state index contributed by atoms with van der Waals surface area (Å²) in [6.07, 6.45) is 1.43. The van der Waals surface area contributed by atoms with Crippen molar-refractivity contribution in [3.63, 3.8) is 0 Å². The second kappa shape index (κ2) is 5.71. The standard InChI is InChI=1S/C15H23N3O2/c1-11-10-15(14(16)19,8-9-18(11)2)17-12-4-6-13(20-3)7-5-12/h4-7,11,17H,8-10H2,1-3H3,(H2,16,19). The number of benzene rings is 1. The van der Waals surface area contributed by atoms with Gasteiger partial charge < -0.3 is 20.7 Å². The van der Waals surface area contributed by atoms with Gasteiger partial charge in [-0.3, -0.25) is 4.79 Å². The summed E-state index contributed by atoms with van der Waals surface area (Å²) in [5, 5.41) is 3.34. The molecule has 0 saturated carbocycles. The first-order valence-electron chi connectivity index (χ1n) is 6.89. The number of methoxy groups -OCH3 is 1. The molecular formula is C15H23N3O2. The number of ether oxygens (including phenoxy) is 1. The molecule has 0 aromatic heterocycles. The third-order valence-electron chi connectivity index (χ3n) is 4.23. The van der Waals surface area contributed by atoms with Crippen molar-refractivity contribution >= 4 is 11.6 Å². The van der Waals surface area contributed by atoms with E-state index in [1.165, 1.54) is 0 Å². The van der Waals surface area contributed by atoms with Gasteiger partial charge in [-0.25, -0.2) is 0 Å². The fourth-order valence-electron chi connectivity index (χ4n) is 2.70. The topological polar surface area (TPSA) is 67.6 Å². The molecule has 1 fully saturated rings. The molecule has 1 aromatic rings. The molecule has 1 saturated heterocycles. The van der Waals surface area contributed by atoms with Gasteiger partial charge in [-0.15, -0.1) is 0 Å². The largest absolute Gasteiger partial charge is 0.497 e. The molecule has 1 aliphatic heterocycles. The zero-order valence-corrected chi connectivity index (χ0v) is 12.3. The number of rotatable bonds is 4. The predicted molar refractivity (Wildman–Crippen MR) is 79.9 cm³/mol. The molecule has 0 bridgehead atoms. The van der Waals surface area contributed by atoms with E-state index in [2.05, 4.69) is 24.2 Å². The Bertz CT molecular complexity index is 475. The van der Waals surface area contributed by atoms with Crippen molar-refractivity contribution in [2.24, 2.45) is 5.73 Å². The highest BCUT2D eigenvalue weighted by molar-refractivity contribution is 5.88. The van der Waals surface area contributed by atoms with Crippen molar-refractivity contribution in [1.29, 1.82) is 0 Å². The molecule has 2 atom stereocenters. The number of piperidine rings is 1. The first-order chi connectivity index (χ1) is 9.47. The number of amides is 1. The fourth-order valence-corrected chi connectivity index (χ4v) is 2.70. The van der Waals surface area contributed by atoms with E-state index in [1.54, 1.807) is 7.11 Å². The minimum atomic E-state index is -0.666. The summed E-state index contributed by atoms with van der Waals surface area (Å²) in [6, 6.07) is 7.88. The highest BCUT2D eigenvalue weighted by Crippen LogP contribution is 2.30. The number of hydrogen-bond acceptors (Lipinski definition) is 4. The molecule has 2 unspecified atom stereocenters. The van der Waals surface area contributed by atoms with Gasteiger partial charge in [0.25, 0.3) is 0 Å². The summed E-state index contributed by atoms with van der Waals surface area (Å²) < 4.78 is 5.14. The van der Waals surface area contributed by atoms with Crippen LogP contribution in [0.1, 0.15) is 19.8 Å². The Hall–Kier alpha value is -1.75. The van der Waals surface area contributed by atoms with Gasteiger partial charge >= 0.3 is 0 Å². The highest BCUT2D eigenvalue weighted by Gasteiger charge is 2.42. The maximum Gasteiger partial charge on any atom is 0.243 e. The molecule has 1 heterocycles. The van der Waals surface area contributed by atoms with Gasteiger partial charge in [0.2, 0.25) is 5.91 Å². The normalized spacial score (nSPS) is 27.1. The Balaban J connectivity index is 2.18. The summed E-state index contributed by atoms with van der Waals surface area (Å²) in [5.41, 5.74) is 5.89. The molecule has 0 radical (unpaired) electrons. The van der Waals surface area contributed by atoms with Gasteiger partial charge in [0, 0.05) is 18.3 Å². The molecule has 0 spiro atoms. The third kappa shape index (κ3) is 2.88. The summed E-state index contributed by atoms with van der Waals surface area (Å²) in [5.74, 6) is 0.508. The van der Waals surface area contributed by atoms with E-state index in [4.69, 9.17) is 10.5 Å². The lowest BCUT2D eigenvalue weighted by Gasteiger charge is -2.43. The van der Waals surface area contributed by atoms with Gasteiger partial charge in [-0.2, -0.15) is 0 Å². The van der Waals surface area contributed by atoms with E-state index < -0.39 is 5.54 Å². The number of anilines is 1. The molecule has 110 valence electrons. The molecule has 2 rings (SSSR count). The second-order valence-corrected chi connectivity index (χ2v) is 5.58. The first kappa shape index (κ1) is 14.7. The Morgan fingerprint density at radius 2 is 2.10 bits per heavy atom. The number of likely N-dealkylation sites (tertiary alicyclic amines) is 1. The van der Waals surface area contributed by atoms with Crippen LogP contribution in [0.15, 0.2) is 24.3 Å². The summed E-state index contributed by atoms with van der Waals surface area (Å²) in [7, 11) is 3.70. The summed E-state index contributed by atoms with van der Waals surface area (Å²) >= 11 is 0. The first-order valence-corrected chi connectivity index (χ1v) is 6.89. The maximum absolute atomic E-state index is 12.0. The van der Waals surface area contributed by atoms with Gasteiger partial charge in [0.15, 0.2) is 0 Å². The SMILES string of the molecule is COc1ccc(NC2(C(N)=O)CCN(C)C(C)C2)cc1. The van der Waals surface area contributed by atoms with E-state index >= 15 is 0 Å². The van der Waals surface area contributed by atoms with E-state index in [1.807, 2.05) is 24.3 Å². The molecule has 5 nitrogen and oxygen atoms in total. The third-order valence-corrected chi connectivity index (χ3v) is 4.23. The predicted octanol–water partition coefficient (Wildman–Crippen LogP) is 1.45. The van der Waals surface area contributed by atoms with E-state index in [0.29, 0.717) is 12.5 Å². The van der Waals surface area contributed by atoms with Crippen LogP contribution in [0.4, 0.5) is 5.69 Å². The Morgan fingerprint density at radius 3 is 2.60 bits per heavy atom. The van der Waals surface area contributed by atoms with E-state index in [0.717, 1.165) is 24.4 Å². The van der Waals surface area contributed by atoms with Crippen molar-refractivity contribution < 1.29 is 9.53 Å². The molecule has 20 heavy (non-hydrogen) atoms. The number of hydrogen-bond donors (Lipinski definition) is 2. The number of nitrogens with zero attached hydrogens (tertiary/aromatic N) is 1. The van der Waals surface area contributed by atoms with Crippen molar-refractivity contribution in [3.8, 4) is 5.75 Å². The van der Waals surface area contributed by atoms with Crippen molar-refractivity contribution in [1.82, 2.24) is 4.90 Å². The lowest BCUT2D eigenvalue weighted by Crippen LogP contribution is -2.58. The molecule has 1 aromatic carbocycles. The molecule has 5 heteroatoms. The lowest BCUT2D eigenvalue weighted by molar-refractivity contribution is -0.124. The molecular weight excluding hydrogens is 254 g/mol. The lowest BCUT2D eigenvalue weighted by atomic mass is 9.83. The van der Waals surface area contributed by atoms with E-state index in [9.17, 15) is 4.79 Å². The Morgan fingerprint density at radius 1 is 1.45 bits per heavy atom. The minimum Gasteiger partial charge on any atom is -0.497 e. The van der Waals surface area contributed by atoms with Crippen LogP contribution in [-0.2, 0) is 4.79 Å². The van der Waals surface area contributed by atoms with Crippen LogP contribution < -0.4 is 15.8 Å². The van der Waals surface area contributed by atoms with Crippen LogP contribution in [0.25, 0.3) is 0 Å². The van der Waals surface area contributed by atoms with Crippen molar-refractivity contribution in [2.75, 3.05) is 26.0 Å². The molecule has 1 aliphatic rings. The number of carbonyl (C=O) groups excluding carboxylic acids is 1. The number of nitrogens with one attached hydrogen (secondary N) is 1. The molecule has 1 amide bonds. The average molecular weight is 277 g/mol. The number of carbonyl (C=O) groups is 1. The highest BCUT2D eigenvalue weighted by atomic mass is 16.5. The van der Waals surface area contributed by atoms with Gasteiger partial charge in [0.1, 0.15) is 11.3 Å². The molecule has 0 aliphatic carbocycles. The average Bonchev–Trinajstić information content (AvgIpc) is 2.44. The fraction of sp³-hybridized carbons (Fsp3) is 0.533. The van der Waals surface area contributed by atoms with Crippen LogP contribution in [0, 0.1) is 0 Å². The smallest absolute Gasteiger partial charge is 0.243 e. The molecule has 3 N–H and O–H groups in total. The van der Waals surface area contributed by atoms with Gasteiger partial charge in [-0.1, -0.05) is 0 Å².